The van der Waals surface area contributed by atoms with Gasteiger partial charge in [-0.25, -0.2) is 8.78 Å². The van der Waals surface area contributed by atoms with Crippen LogP contribution in [0.4, 0.5) is 8.78 Å². The Balaban J connectivity index is 2.51. The van der Waals surface area contributed by atoms with Crippen molar-refractivity contribution in [1.82, 2.24) is 5.32 Å². The Kier molecular flexibility index (Phi) is 1.95. The van der Waals surface area contributed by atoms with Crippen LogP contribution < -0.4 is 5.32 Å². The van der Waals surface area contributed by atoms with Gasteiger partial charge in [-0.1, -0.05) is 0 Å². The van der Waals surface area contributed by atoms with Crippen LogP contribution in [0.5, 0.6) is 0 Å². The smallest absolute Gasteiger partial charge is 0.251 e. The van der Waals surface area contributed by atoms with E-state index in [4.69, 9.17) is 0 Å². The number of alkyl halides is 2. The fraction of sp³-hybridized carbons (Fsp3) is 1.00. The zero-order valence-electron chi connectivity index (χ0n) is 6.32. The van der Waals surface area contributed by atoms with Gasteiger partial charge in [-0.05, 0) is 13.8 Å². The van der Waals surface area contributed by atoms with Crippen molar-refractivity contribution in [2.75, 3.05) is 0 Å². The van der Waals surface area contributed by atoms with Gasteiger partial charge in [0.1, 0.15) is 0 Å². The van der Waals surface area contributed by atoms with Gasteiger partial charge in [-0.2, -0.15) is 0 Å². The molecule has 0 aromatic carbocycles. The first kappa shape index (κ1) is 7.92. The summed E-state index contributed by atoms with van der Waals surface area (Å²) in [5, 5.41) is 3.05. The summed E-state index contributed by atoms with van der Waals surface area (Å²) < 4.78 is 25.3. The Hall–Kier alpha value is -0.180. The maximum atomic E-state index is 12.7. The fourth-order valence-corrected chi connectivity index (χ4v) is 1.58. The molecule has 1 fully saturated rings. The van der Waals surface area contributed by atoms with E-state index in [0.29, 0.717) is 0 Å². The van der Waals surface area contributed by atoms with Crippen LogP contribution in [0.15, 0.2) is 0 Å². The van der Waals surface area contributed by atoms with Gasteiger partial charge in [-0.15, -0.1) is 0 Å². The first-order chi connectivity index (χ1) is 4.49. The lowest BCUT2D eigenvalue weighted by Crippen LogP contribution is -2.47. The van der Waals surface area contributed by atoms with Gasteiger partial charge in [0.15, 0.2) is 0 Å². The molecule has 0 aromatic rings. The summed E-state index contributed by atoms with van der Waals surface area (Å²) >= 11 is 0. The van der Waals surface area contributed by atoms with E-state index in [0.717, 1.165) is 0 Å². The van der Waals surface area contributed by atoms with Crippen molar-refractivity contribution < 1.29 is 8.78 Å². The van der Waals surface area contributed by atoms with Crippen molar-refractivity contribution >= 4 is 0 Å². The Morgan fingerprint density at radius 1 is 1.20 bits per heavy atom. The summed E-state index contributed by atoms with van der Waals surface area (Å²) in [4.78, 5) is 0. The average Bonchev–Trinajstić information content (AvgIpc) is 1.54. The molecule has 0 radical (unpaired) electrons. The molecule has 2 atom stereocenters. The van der Waals surface area contributed by atoms with Crippen LogP contribution >= 0.6 is 0 Å². The Morgan fingerprint density at radius 2 is 1.60 bits per heavy atom. The lowest BCUT2D eigenvalue weighted by molar-refractivity contribution is -0.0508. The summed E-state index contributed by atoms with van der Waals surface area (Å²) in [6.07, 6.45) is -0.0331. The molecule has 1 heterocycles. The molecule has 0 aromatic heterocycles. The number of halogens is 2. The van der Waals surface area contributed by atoms with Gasteiger partial charge < -0.3 is 5.32 Å². The van der Waals surface area contributed by atoms with E-state index in [9.17, 15) is 8.78 Å². The van der Waals surface area contributed by atoms with Gasteiger partial charge in [0.2, 0.25) is 0 Å². The Morgan fingerprint density at radius 3 is 1.90 bits per heavy atom. The largest absolute Gasteiger partial charge is 0.311 e. The predicted octanol–water partition coefficient (Wildman–Crippen LogP) is 1.78. The van der Waals surface area contributed by atoms with Crippen molar-refractivity contribution in [3.8, 4) is 0 Å². The van der Waals surface area contributed by atoms with Crippen molar-refractivity contribution in [1.29, 1.82) is 0 Å². The van der Waals surface area contributed by atoms with E-state index in [2.05, 4.69) is 5.32 Å². The molecule has 0 spiro atoms. The monoisotopic (exact) mass is 149 g/mol. The van der Waals surface area contributed by atoms with Crippen molar-refractivity contribution in [3.05, 3.63) is 0 Å². The summed E-state index contributed by atoms with van der Waals surface area (Å²) in [6.45, 7) is 3.59. The molecule has 0 aliphatic carbocycles. The summed E-state index contributed by atoms with van der Waals surface area (Å²) in [5.41, 5.74) is 0. The highest BCUT2D eigenvalue weighted by atomic mass is 19.3. The fourth-order valence-electron chi connectivity index (χ4n) is 1.58. The van der Waals surface area contributed by atoms with Gasteiger partial charge in [0.05, 0.1) is 0 Å². The van der Waals surface area contributed by atoms with Crippen LogP contribution in [0.25, 0.3) is 0 Å². The average molecular weight is 149 g/mol. The molecule has 0 saturated carbocycles. The van der Waals surface area contributed by atoms with E-state index in [-0.39, 0.29) is 24.9 Å². The Bertz CT molecular complexity index is 113. The van der Waals surface area contributed by atoms with E-state index >= 15 is 0 Å². The molecule has 0 bridgehead atoms. The molecule has 1 aliphatic rings. The second-order valence-corrected chi connectivity index (χ2v) is 3.23. The molecule has 10 heavy (non-hydrogen) atoms. The van der Waals surface area contributed by atoms with Gasteiger partial charge in [0.25, 0.3) is 5.92 Å². The zero-order chi connectivity index (χ0) is 7.78. The van der Waals surface area contributed by atoms with Gasteiger partial charge >= 0.3 is 0 Å². The lowest BCUT2D eigenvalue weighted by Gasteiger charge is -2.32. The van der Waals surface area contributed by atoms with Crippen LogP contribution in [0.1, 0.15) is 26.7 Å². The summed E-state index contributed by atoms with van der Waals surface area (Å²) in [6, 6.07) is -0.0856. The number of piperidine rings is 1. The van der Waals surface area contributed by atoms with Crippen LogP contribution in [0.3, 0.4) is 0 Å². The molecular weight excluding hydrogens is 136 g/mol. The maximum absolute atomic E-state index is 12.7. The van der Waals surface area contributed by atoms with Crippen molar-refractivity contribution in [3.63, 3.8) is 0 Å². The molecule has 1 rings (SSSR count). The third kappa shape index (κ3) is 1.90. The van der Waals surface area contributed by atoms with Crippen molar-refractivity contribution in [2.24, 2.45) is 0 Å². The minimum atomic E-state index is -2.44. The topological polar surface area (TPSA) is 12.0 Å². The van der Waals surface area contributed by atoms with Crippen molar-refractivity contribution in [2.45, 2.75) is 44.7 Å². The molecule has 1 aliphatic heterocycles. The normalized spacial score (nSPS) is 39.6. The number of hydrogen-bond donors (Lipinski definition) is 1. The molecule has 0 unspecified atom stereocenters. The standard InChI is InChI=1S/C7H13F2N/c1-5-3-7(8,9)4-6(2)10-5/h5-6,10H,3-4H2,1-2H3/t5-,6-/m0/s1. The van der Waals surface area contributed by atoms with Crippen LogP contribution in [-0.2, 0) is 0 Å². The molecule has 1 saturated heterocycles. The molecule has 60 valence electrons. The summed E-state index contributed by atoms with van der Waals surface area (Å²) in [5.74, 6) is -2.44. The SMILES string of the molecule is C[C@H]1CC(F)(F)C[C@H](C)N1. The highest BCUT2D eigenvalue weighted by Gasteiger charge is 2.37. The lowest BCUT2D eigenvalue weighted by atomic mass is 9.97. The van der Waals surface area contributed by atoms with Gasteiger partial charge in [-0.3, -0.25) is 0 Å². The second kappa shape index (κ2) is 2.46. The number of hydrogen-bond acceptors (Lipinski definition) is 1. The van der Waals surface area contributed by atoms with E-state index in [1.807, 2.05) is 0 Å². The third-order valence-corrected chi connectivity index (χ3v) is 1.78. The van der Waals surface area contributed by atoms with E-state index < -0.39 is 5.92 Å². The minimum Gasteiger partial charge on any atom is -0.311 e. The molecular formula is C7H13F2N. The third-order valence-electron chi connectivity index (χ3n) is 1.78. The first-order valence-electron chi connectivity index (χ1n) is 3.63. The summed E-state index contributed by atoms with van der Waals surface area (Å²) in [7, 11) is 0. The maximum Gasteiger partial charge on any atom is 0.251 e. The quantitative estimate of drug-likeness (QED) is 0.553. The van der Waals surface area contributed by atoms with Gasteiger partial charge in [0, 0.05) is 24.9 Å². The van der Waals surface area contributed by atoms with Crippen LogP contribution in [-0.4, -0.2) is 18.0 Å². The zero-order valence-corrected chi connectivity index (χ0v) is 6.32. The first-order valence-corrected chi connectivity index (χ1v) is 3.63. The molecule has 1 N–H and O–H groups in total. The van der Waals surface area contributed by atoms with Crippen LogP contribution in [0, 0.1) is 0 Å². The molecule has 0 amide bonds. The predicted molar refractivity (Wildman–Crippen MR) is 36.2 cm³/mol. The van der Waals surface area contributed by atoms with Crippen LogP contribution in [0.2, 0.25) is 0 Å². The number of rotatable bonds is 0. The Labute approximate surface area is 59.8 Å². The highest BCUT2D eigenvalue weighted by molar-refractivity contribution is 4.85. The second-order valence-electron chi connectivity index (χ2n) is 3.23. The van der Waals surface area contributed by atoms with E-state index in [1.54, 1.807) is 13.8 Å². The highest BCUT2D eigenvalue weighted by Crippen LogP contribution is 2.29. The minimum absolute atomic E-state index is 0.0165. The molecule has 1 nitrogen and oxygen atoms in total. The number of nitrogens with one attached hydrogen (secondary N) is 1. The molecule has 3 heteroatoms. The van der Waals surface area contributed by atoms with E-state index in [1.165, 1.54) is 0 Å².